The highest BCUT2D eigenvalue weighted by Crippen LogP contribution is 2.23. The van der Waals surface area contributed by atoms with Crippen LogP contribution in [0.1, 0.15) is 44.1 Å². The van der Waals surface area contributed by atoms with Crippen molar-refractivity contribution < 1.29 is 13.9 Å². The molecule has 3 heterocycles. The van der Waals surface area contributed by atoms with Crippen molar-refractivity contribution in [2.24, 2.45) is 0 Å². The molecule has 4 rings (SSSR count). The summed E-state index contributed by atoms with van der Waals surface area (Å²) in [4.78, 5) is 17.4. The molecule has 0 spiro atoms. The number of ether oxygens (including phenoxy) is 1. The lowest BCUT2D eigenvalue weighted by Gasteiger charge is -2.12. The van der Waals surface area contributed by atoms with Gasteiger partial charge in [-0.15, -0.1) is 10.2 Å². The van der Waals surface area contributed by atoms with Crippen molar-refractivity contribution >= 4 is 22.6 Å². The second-order valence-electron chi connectivity index (χ2n) is 8.34. The smallest absolute Gasteiger partial charge is 0.259 e. The van der Waals surface area contributed by atoms with Crippen molar-refractivity contribution in [3.05, 3.63) is 60.3 Å². The highest BCUT2D eigenvalue weighted by Gasteiger charge is 2.17. The molecule has 0 aliphatic carbocycles. The van der Waals surface area contributed by atoms with E-state index in [0.717, 1.165) is 10.9 Å². The van der Waals surface area contributed by atoms with Gasteiger partial charge < -0.3 is 19.2 Å². The van der Waals surface area contributed by atoms with Gasteiger partial charge in [0.15, 0.2) is 5.82 Å². The van der Waals surface area contributed by atoms with Crippen LogP contribution in [0.25, 0.3) is 22.4 Å². The molecule has 4 aromatic rings. The Bertz CT molecular complexity index is 1280. The first-order chi connectivity index (χ1) is 15.8. The summed E-state index contributed by atoms with van der Waals surface area (Å²) in [6.07, 6.45) is 3.63. The van der Waals surface area contributed by atoms with Crippen LogP contribution in [-0.2, 0) is 11.3 Å². The maximum absolute atomic E-state index is 14.7. The molecule has 0 unspecified atom stereocenters. The summed E-state index contributed by atoms with van der Waals surface area (Å²) in [5.41, 5.74) is 1.28. The number of nitrogens with one attached hydrogen (secondary N) is 1. The van der Waals surface area contributed by atoms with E-state index in [9.17, 15) is 9.18 Å². The first-order valence-electron chi connectivity index (χ1n) is 10.9. The van der Waals surface area contributed by atoms with Gasteiger partial charge in [-0.25, -0.2) is 9.37 Å². The zero-order chi connectivity index (χ0) is 23.5. The fourth-order valence-electron chi connectivity index (χ4n) is 3.58. The number of halogens is 1. The molecule has 0 fully saturated rings. The second kappa shape index (κ2) is 9.50. The number of hydrogen-bond acceptors (Lipinski definition) is 5. The van der Waals surface area contributed by atoms with Crippen molar-refractivity contribution in [2.45, 2.75) is 46.4 Å². The summed E-state index contributed by atoms with van der Waals surface area (Å²) in [6, 6.07) is 10.1. The first kappa shape index (κ1) is 22.6. The third-order valence-electron chi connectivity index (χ3n) is 5.24. The number of pyridine rings is 1. The number of nitrogens with zero attached hydrogens (tertiary/aromatic N) is 5. The first-order valence-corrected chi connectivity index (χ1v) is 10.9. The Morgan fingerprint density at radius 3 is 2.76 bits per heavy atom. The quantitative estimate of drug-likeness (QED) is 0.421. The number of anilines is 1. The van der Waals surface area contributed by atoms with Gasteiger partial charge in [0.1, 0.15) is 23.7 Å². The number of hydrogen-bond donors (Lipinski definition) is 1. The Morgan fingerprint density at radius 2 is 2.00 bits per heavy atom. The largest absolute Gasteiger partial charge is 0.377 e. The normalized spacial score (nSPS) is 11.6. The summed E-state index contributed by atoms with van der Waals surface area (Å²) in [7, 11) is 0. The number of amides is 1. The van der Waals surface area contributed by atoms with Crippen molar-refractivity contribution in [3.8, 4) is 11.5 Å². The summed E-state index contributed by atoms with van der Waals surface area (Å²) in [5, 5.41) is 11.5. The van der Waals surface area contributed by atoms with Crippen LogP contribution in [0.5, 0.6) is 0 Å². The zero-order valence-corrected chi connectivity index (χ0v) is 19.1. The lowest BCUT2D eigenvalue weighted by molar-refractivity contribution is 0.0733. The molecular weight excluding hydrogens is 423 g/mol. The molecule has 3 aromatic heterocycles. The number of aromatic nitrogens is 5. The molecule has 8 nitrogen and oxygen atoms in total. The van der Waals surface area contributed by atoms with Crippen LogP contribution >= 0.6 is 0 Å². The molecular formula is C24H27FN6O2. The van der Waals surface area contributed by atoms with Crippen LogP contribution < -0.4 is 5.32 Å². The highest BCUT2D eigenvalue weighted by atomic mass is 19.1. The minimum absolute atomic E-state index is 0.0511. The van der Waals surface area contributed by atoms with Gasteiger partial charge in [0, 0.05) is 29.7 Å². The van der Waals surface area contributed by atoms with E-state index in [-0.39, 0.29) is 17.7 Å². The van der Waals surface area contributed by atoms with E-state index in [1.807, 2.05) is 49.1 Å². The third-order valence-corrected chi connectivity index (χ3v) is 5.24. The van der Waals surface area contributed by atoms with Gasteiger partial charge in [0.25, 0.3) is 5.91 Å². The Morgan fingerprint density at radius 1 is 1.18 bits per heavy atom. The topological polar surface area (TPSA) is 86.9 Å². The lowest BCUT2D eigenvalue weighted by atomic mass is 10.1. The Kier molecular flexibility index (Phi) is 6.50. The van der Waals surface area contributed by atoms with E-state index in [4.69, 9.17) is 4.74 Å². The Labute approximate surface area is 191 Å². The number of benzene rings is 1. The van der Waals surface area contributed by atoms with Crippen LogP contribution in [-0.4, -0.2) is 42.9 Å². The molecule has 33 heavy (non-hydrogen) atoms. The Hall–Kier alpha value is -3.59. The fraction of sp³-hybridized carbons (Fsp3) is 0.333. The van der Waals surface area contributed by atoms with Gasteiger partial charge in [-0.1, -0.05) is 6.07 Å². The molecule has 0 radical (unpaired) electrons. The summed E-state index contributed by atoms with van der Waals surface area (Å²) in [6.45, 7) is 9.11. The zero-order valence-electron chi connectivity index (χ0n) is 19.1. The molecule has 0 bridgehead atoms. The maximum atomic E-state index is 14.7. The SMILES string of the molecule is CC(C)OCCn1ccc2cc(F)c(C(=O)Nc3cccc(-c4nncn4C(C)C)n3)cc21. The number of rotatable bonds is 8. The van der Waals surface area contributed by atoms with Gasteiger partial charge >= 0.3 is 0 Å². The third kappa shape index (κ3) is 4.93. The van der Waals surface area contributed by atoms with Gasteiger partial charge in [-0.05, 0) is 58.0 Å². The van der Waals surface area contributed by atoms with Gasteiger partial charge in [0.05, 0.1) is 18.3 Å². The van der Waals surface area contributed by atoms with Crippen LogP contribution in [0.4, 0.5) is 10.2 Å². The van der Waals surface area contributed by atoms with Crippen molar-refractivity contribution in [1.82, 2.24) is 24.3 Å². The summed E-state index contributed by atoms with van der Waals surface area (Å²) >= 11 is 0. The maximum Gasteiger partial charge on any atom is 0.259 e. The van der Waals surface area contributed by atoms with Crippen molar-refractivity contribution in [1.29, 1.82) is 0 Å². The predicted octanol–water partition coefficient (Wildman–Crippen LogP) is 4.69. The van der Waals surface area contributed by atoms with E-state index in [0.29, 0.717) is 30.5 Å². The minimum atomic E-state index is -0.591. The van der Waals surface area contributed by atoms with E-state index in [1.165, 1.54) is 6.07 Å². The molecule has 0 aliphatic rings. The van der Waals surface area contributed by atoms with Crippen molar-refractivity contribution in [2.75, 3.05) is 11.9 Å². The second-order valence-corrected chi connectivity index (χ2v) is 8.34. The van der Waals surface area contributed by atoms with Crippen LogP contribution in [0.15, 0.2) is 48.9 Å². The molecule has 1 aromatic carbocycles. The molecule has 1 N–H and O–H groups in total. The number of fused-ring (bicyclic) bond motifs is 1. The fourth-order valence-corrected chi connectivity index (χ4v) is 3.58. The number of carbonyl (C=O) groups is 1. The van der Waals surface area contributed by atoms with E-state index in [2.05, 4.69) is 20.5 Å². The summed E-state index contributed by atoms with van der Waals surface area (Å²) in [5.74, 6) is -0.270. The van der Waals surface area contributed by atoms with Crippen molar-refractivity contribution in [3.63, 3.8) is 0 Å². The minimum Gasteiger partial charge on any atom is -0.377 e. The van der Waals surface area contributed by atoms with E-state index < -0.39 is 11.7 Å². The average Bonchev–Trinajstić information content (AvgIpc) is 3.40. The molecule has 0 saturated carbocycles. The molecule has 172 valence electrons. The number of carbonyl (C=O) groups excluding carboxylic acids is 1. The standard InChI is InChI=1S/C24H27FN6O2/c1-15(2)31-14-26-29-23(31)20-6-5-7-22(27-20)28-24(32)18-13-21-17(12-19(18)25)8-9-30(21)10-11-33-16(3)4/h5-9,12-16H,10-11H2,1-4H3,(H,27,28,32). The molecule has 9 heteroatoms. The van der Waals surface area contributed by atoms with Crippen LogP contribution in [0.3, 0.4) is 0 Å². The van der Waals surface area contributed by atoms with Gasteiger partial charge in [-0.2, -0.15) is 0 Å². The summed E-state index contributed by atoms with van der Waals surface area (Å²) < 4.78 is 24.2. The average molecular weight is 451 g/mol. The lowest BCUT2D eigenvalue weighted by Crippen LogP contribution is -2.15. The van der Waals surface area contributed by atoms with Crippen LogP contribution in [0, 0.1) is 5.82 Å². The van der Waals surface area contributed by atoms with E-state index in [1.54, 1.807) is 30.6 Å². The molecule has 0 aliphatic heterocycles. The molecule has 0 atom stereocenters. The molecule has 0 saturated heterocycles. The highest BCUT2D eigenvalue weighted by molar-refractivity contribution is 6.06. The Balaban J connectivity index is 1.58. The van der Waals surface area contributed by atoms with Crippen LogP contribution in [0.2, 0.25) is 0 Å². The molecule has 1 amide bonds. The monoisotopic (exact) mass is 450 g/mol. The van der Waals surface area contributed by atoms with Gasteiger partial charge in [0.2, 0.25) is 0 Å². The predicted molar refractivity (Wildman–Crippen MR) is 125 cm³/mol. The van der Waals surface area contributed by atoms with Gasteiger partial charge in [-0.3, -0.25) is 4.79 Å². The van der Waals surface area contributed by atoms with E-state index >= 15 is 0 Å².